The Balaban J connectivity index is 2.80. The van der Waals surface area contributed by atoms with E-state index in [2.05, 4.69) is 4.98 Å². The van der Waals surface area contributed by atoms with E-state index in [9.17, 15) is 14.4 Å². The summed E-state index contributed by atoms with van der Waals surface area (Å²) in [5.74, 6) is -0.626. The Labute approximate surface area is 145 Å². The molecule has 0 radical (unpaired) electrons. The van der Waals surface area contributed by atoms with E-state index in [1.165, 1.54) is 4.57 Å². The number of H-pyrrole nitrogens is 1. The van der Waals surface area contributed by atoms with E-state index in [1.807, 2.05) is 26.0 Å². The number of carbonyl (C=O) groups is 1. The predicted octanol–water partition coefficient (Wildman–Crippen LogP) is 2.42. The molecule has 0 spiro atoms. The first-order valence-electron chi connectivity index (χ1n) is 8.13. The molecule has 0 saturated heterocycles. The topological polar surface area (TPSA) is 95.7 Å². The molecular formula is C19H21N3O3. The minimum absolute atomic E-state index is 0.0533. The third-order valence-electron chi connectivity index (χ3n) is 3.96. The fraction of sp³-hybridized carbons (Fsp3) is 0.368. The number of hydrogen-bond donors (Lipinski definition) is 1. The van der Waals surface area contributed by atoms with Gasteiger partial charge < -0.3 is 0 Å². The SMILES string of the molecule is Cc1cc(C)cc(C(=O)c2c(C(C)C)c(=O)[nH]c(=O)n2CCC#N)c1. The molecule has 0 aliphatic rings. The molecule has 25 heavy (non-hydrogen) atoms. The molecule has 0 unspecified atom stereocenters. The lowest BCUT2D eigenvalue weighted by atomic mass is 9.95. The molecule has 0 aliphatic heterocycles. The summed E-state index contributed by atoms with van der Waals surface area (Å²) in [7, 11) is 0. The van der Waals surface area contributed by atoms with Crippen LogP contribution in [0.1, 0.15) is 58.9 Å². The van der Waals surface area contributed by atoms with E-state index in [1.54, 1.807) is 26.0 Å². The van der Waals surface area contributed by atoms with Crippen LogP contribution in [0.2, 0.25) is 0 Å². The van der Waals surface area contributed by atoms with Gasteiger partial charge in [-0.3, -0.25) is 19.1 Å². The predicted molar refractivity (Wildman–Crippen MR) is 95.0 cm³/mol. The zero-order valence-electron chi connectivity index (χ0n) is 14.8. The van der Waals surface area contributed by atoms with Crippen molar-refractivity contribution in [1.29, 1.82) is 5.26 Å². The summed E-state index contributed by atoms with van der Waals surface area (Å²) in [5.41, 5.74) is 1.38. The van der Waals surface area contributed by atoms with Crippen LogP contribution in [0, 0.1) is 25.2 Å². The average molecular weight is 339 g/mol. The van der Waals surface area contributed by atoms with Gasteiger partial charge in [-0.15, -0.1) is 0 Å². The number of rotatable bonds is 5. The lowest BCUT2D eigenvalue weighted by Crippen LogP contribution is -2.38. The Bertz CT molecular complexity index is 955. The first-order valence-corrected chi connectivity index (χ1v) is 8.13. The van der Waals surface area contributed by atoms with E-state index in [0.29, 0.717) is 5.56 Å². The van der Waals surface area contributed by atoms with Crippen molar-refractivity contribution in [1.82, 2.24) is 9.55 Å². The van der Waals surface area contributed by atoms with Gasteiger partial charge in [0.25, 0.3) is 5.56 Å². The van der Waals surface area contributed by atoms with Crippen molar-refractivity contribution in [3.63, 3.8) is 0 Å². The van der Waals surface area contributed by atoms with E-state index < -0.39 is 11.2 Å². The lowest BCUT2D eigenvalue weighted by molar-refractivity contribution is 0.102. The van der Waals surface area contributed by atoms with Crippen LogP contribution in [0.15, 0.2) is 27.8 Å². The number of hydrogen-bond acceptors (Lipinski definition) is 4. The summed E-state index contributed by atoms with van der Waals surface area (Å²) in [4.78, 5) is 40.0. The van der Waals surface area contributed by atoms with Crippen LogP contribution in [0.5, 0.6) is 0 Å². The third-order valence-corrected chi connectivity index (χ3v) is 3.96. The Kier molecular flexibility index (Phi) is 5.38. The highest BCUT2D eigenvalue weighted by Gasteiger charge is 2.24. The maximum absolute atomic E-state index is 13.2. The molecule has 1 heterocycles. The second-order valence-electron chi connectivity index (χ2n) is 6.44. The molecule has 0 bridgehead atoms. The fourth-order valence-corrected chi connectivity index (χ4v) is 2.98. The van der Waals surface area contributed by atoms with Crippen molar-refractivity contribution in [3.8, 4) is 6.07 Å². The highest BCUT2D eigenvalue weighted by atomic mass is 16.2. The normalized spacial score (nSPS) is 10.7. The van der Waals surface area contributed by atoms with Gasteiger partial charge in [-0.1, -0.05) is 31.0 Å². The second-order valence-corrected chi connectivity index (χ2v) is 6.44. The van der Waals surface area contributed by atoms with Crippen molar-refractivity contribution in [2.75, 3.05) is 0 Å². The molecular weight excluding hydrogens is 318 g/mol. The fourth-order valence-electron chi connectivity index (χ4n) is 2.98. The van der Waals surface area contributed by atoms with Crippen LogP contribution in [-0.4, -0.2) is 15.3 Å². The van der Waals surface area contributed by atoms with Crippen LogP contribution < -0.4 is 11.2 Å². The van der Waals surface area contributed by atoms with Crippen molar-refractivity contribution < 1.29 is 4.79 Å². The molecule has 0 amide bonds. The summed E-state index contributed by atoms with van der Waals surface area (Å²) in [6.07, 6.45) is 0.0661. The van der Waals surface area contributed by atoms with Gasteiger partial charge in [-0.25, -0.2) is 4.79 Å². The quantitative estimate of drug-likeness (QED) is 0.846. The van der Waals surface area contributed by atoms with Crippen molar-refractivity contribution in [3.05, 3.63) is 67.0 Å². The third kappa shape index (κ3) is 3.77. The van der Waals surface area contributed by atoms with Gasteiger partial charge in [-0.05, 0) is 31.9 Å². The lowest BCUT2D eigenvalue weighted by Gasteiger charge is -2.17. The number of nitrogens with one attached hydrogen (secondary N) is 1. The molecule has 6 nitrogen and oxygen atoms in total. The van der Waals surface area contributed by atoms with Crippen LogP contribution >= 0.6 is 0 Å². The standard InChI is InChI=1S/C19H21N3O3/c1-11(2)15-16(17(23)14-9-12(3)8-13(4)10-14)22(7-5-6-20)19(25)21-18(15)24/h8-11H,5,7H2,1-4H3,(H,21,24,25). The monoisotopic (exact) mass is 339 g/mol. The van der Waals surface area contributed by atoms with E-state index in [-0.39, 0.29) is 35.9 Å². The number of aromatic amines is 1. The van der Waals surface area contributed by atoms with E-state index >= 15 is 0 Å². The maximum Gasteiger partial charge on any atom is 0.328 e. The minimum atomic E-state index is -0.669. The largest absolute Gasteiger partial charge is 0.328 e. The molecule has 1 N–H and O–H groups in total. The van der Waals surface area contributed by atoms with Gasteiger partial charge in [0.15, 0.2) is 0 Å². The summed E-state index contributed by atoms with van der Waals surface area (Å²) in [5, 5.41) is 8.85. The number of carbonyl (C=O) groups excluding carboxylic acids is 1. The highest BCUT2D eigenvalue weighted by Crippen LogP contribution is 2.20. The van der Waals surface area contributed by atoms with Crippen molar-refractivity contribution in [2.45, 2.75) is 46.6 Å². The molecule has 130 valence electrons. The second kappa shape index (κ2) is 7.31. The smallest absolute Gasteiger partial charge is 0.289 e. The minimum Gasteiger partial charge on any atom is -0.289 e. The summed E-state index contributed by atoms with van der Waals surface area (Å²) < 4.78 is 1.21. The summed E-state index contributed by atoms with van der Waals surface area (Å²) in [6.45, 7) is 7.41. The van der Waals surface area contributed by atoms with Gasteiger partial charge in [0.05, 0.1) is 12.5 Å². The summed E-state index contributed by atoms with van der Waals surface area (Å²) >= 11 is 0. The number of nitrogens with zero attached hydrogens (tertiary/aromatic N) is 2. The molecule has 2 aromatic rings. The van der Waals surface area contributed by atoms with Gasteiger partial charge in [0.1, 0.15) is 5.69 Å². The van der Waals surface area contributed by atoms with Gasteiger partial charge >= 0.3 is 5.69 Å². The van der Waals surface area contributed by atoms with E-state index in [4.69, 9.17) is 5.26 Å². The molecule has 2 rings (SSSR count). The zero-order chi connectivity index (χ0) is 18.7. The molecule has 0 atom stereocenters. The number of benzene rings is 1. The Morgan fingerprint density at radius 2 is 1.80 bits per heavy atom. The van der Waals surface area contributed by atoms with Crippen LogP contribution in [0.3, 0.4) is 0 Å². The Hall–Kier alpha value is -2.94. The van der Waals surface area contributed by atoms with E-state index in [0.717, 1.165) is 11.1 Å². The van der Waals surface area contributed by atoms with Crippen LogP contribution in [-0.2, 0) is 6.54 Å². The first kappa shape index (κ1) is 18.4. The summed E-state index contributed by atoms with van der Waals surface area (Å²) in [6, 6.07) is 7.38. The number of aryl methyl sites for hydroxylation is 2. The van der Waals surface area contributed by atoms with Gasteiger partial charge in [0.2, 0.25) is 5.78 Å². The molecule has 1 aromatic heterocycles. The maximum atomic E-state index is 13.2. The highest BCUT2D eigenvalue weighted by molar-refractivity contribution is 6.09. The number of ketones is 1. The van der Waals surface area contributed by atoms with Crippen LogP contribution in [0.25, 0.3) is 0 Å². The first-order chi connectivity index (χ1) is 11.8. The molecule has 0 fully saturated rings. The van der Waals surface area contributed by atoms with Crippen molar-refractivity contribution >= 4 is 5.78 Å². The van der Waals surface area contributed by atoms with Gasteiger partial charge in [0, 0.05) is 17.7 Å². The van der Waals surface area contributed by atoms with Gasteiger partial charge in [-0.2, -0.15) is 5.26 Å². The molecule has 0 aliphatic carbocycles. The van der Waals surface area contributed by atoms with Crippen LogP contribution in [0.4, 0.5) is 0 Å². The number of nitriles is 1. The average Bonchev–Trinajstić information content (AvgIpc) is 2.51. The molecule has 1 aromatic carbocycles. The van der Waals surface area contributed by atoms with Crippen molar-refractivity contribution in [2.24, 2.45) is 0 Å². The number of aromatic nitrogens is 2. The Morgan fingerprint density at radius 1 is 1.20 bits per heavy atom. The Morgan fingerprint density at radius 3 is 2.32 bits per heavy atom. The zero-order valence-corrected chi connectivity index (χ0v) is 14.8. The molecule has 0 saturated carbocycles. The molecule has 6 heteroatoms.